The zero-order valence-corrected chi connectivity index (χ0v) is 11.2. The highest BCUT2D eigenvalue weighted by molar-refractivity contribution is 9.10. The maximum Gasteiger partial charge on any atom is 0.113 e. The topological polar surface area (TPSA) is 42.7 Å². The molecule has 1 aliphatic heterocycles. The van der Waals surface area contributed by atoms with E-state index in [2.05, 4.69) is 31.6 Å². The molecule has 0 spiro atoms. The standard InChI is InChI=1S/C11H10BrClN4/c12-9-3-7(1-2-10(9)13)11-6-17(16-15-11)8-4-14-5-8/h1-3,6,8,14H,4-5H2. The van der Waals surface area contributed by atoms with Crippen molar-refractivity contribution in [2.24, 2.45) is 0 Å². The lowest BCUT2D eigenvalue weighted by Gasteiger charge is -2.26. The molecule has 0 unspecified atom stereocenters. The van der Waals surface area contributed by atoms with Gasteiger partial charge in [0.1, 0.15) is 5.69 Å². The van der Waals surface area contributed by atoms with Crippen molar-refractivity contribution in [1.82, 2.24) is 20.3 Å². The molecule has 0 aliphatic carbocycles. The molecule has 6 heteroatoms. The van der Waals surface area contributed by atoms with Gasteiger partial charge in [-0.1, -0.05) is 22.9 Å². The van der Waals surface area contributed by atoms with Crippen LogP contribution >= 0.6 is 27.5 Å². The fourth-order valence-electron chi connectivity index (χ4n) is 1.70. The maximum absolute atomic E-state index is 5.96. The minimum Gasteiger partial charge on any atom is -0.312 e. The molecule has 3 rings (SSSR count). The molecule has 2 heterocycles. The SMILES string of the molecule is Clc1ccc(-c2cn(C3CNC3)nn2)cc1Br. The molecule has 4 nitrogen and oxygen atoms in total. The van der Waals surface area contributed by atoms with Crippen molar-refractivity contribution in [2.75, 3.05) is 13.1 Å². The van der Waals surface area contributed by atoms with Crippen LogP contribution < -0.4 is 5.32 Å². The second kappa shape index (κ2) is 4.40. The maximum atomic E-state index is 5.96. The smallest absolute Gasteiger partial charge is 0.113 e. The molecule has 2 aromatic rings. The molecular weight excluding hydrogens is 304 g/mol. The number of rotatable bonds is 2. The van der Waals surface area contributed by atoms with Crippen molar-refractivity contribution >= 4 is 27.5 Å². The fourth-order valence-corrected chi connectivity index (χ4v) is 2.20. The first-order valence-electron chi connectivity index (χ1n) is 5.32. The van der Waals surface area contributed by atoms with E-state index >= 15 is 0 Å². The lowest BCUT2D eigenvalue weighted by molar-refractivity contribution is 0.313. The Morgan fingerprint density at radius 1 is 1.41 bits per heavy atom. The number of nitrogens with zero attached hydrogens (tertiary/aromatic N) is 3. The predicted octanol–water partition coefficient (Wildman–Crippen LogP) is 2.51. The van der Waals surface area contributed by atoms with E-state index in [0.29, 0.717) is 11.1 Å². The molecule has 0 amide bonds. The quantitative estimate of drug-likeness (QED) is 0.926. The first-order valence-corrected chi connectivity index (χ1v) is 6.49. The molecule has 1 aliphatic rings. The highest BCUT2D eigenvalue weighted by Crippen LogP contribution is 2.28. The zero-order valence-electron chi connectivity index (χ0n) is 8.90. The fraction of sp³-hybridized carbons (Fsp3) is 0.273. The van der Waals surface area contributed by atoms with Crippen LogP contribution in [0.25, 0.3) is 11.3 Å². The Hall–Kier alpha value is -0.910. The van der Waals surface area contributed by atoms with Gasteiger partial charge in [-0.25, -0.2) is 4.68 Å². The van der Waals surface area contributed by atoms with Crippen LogP contribution in [0.2, 0.25) is 5.02 Å². The van der Waals surface area contributed by atoms with Crippen molar-refractivity contribution in [1.29, 1.82) is 0 Å². The van der Waals surface area contributed by atoms with Gasteiger partial charge in [0.2, 0.25) is 0 Å². The third kappa shape index (κ3) is 2.10. The predicted molar refractivity (Wildman–Crippen MR) is 70.1 cm³/mol. The summed E-state index contributed by atoms with van der Waals surface area (Å²) >= 11 is 9.37. The molecule has 1 N–H and O–H groups in total. The van der Waals surface area contributed by atoms with E-state index in [-0.39, 0.29) is 0 Å². The summed E-state index contributed by atoms with van der Waals surface area (Å²) in [6.07, 6.45) is 1.97. The number of hydrogen-bond donors (Lipinski definition) is 1. The minimum absolute atomic E-state index is 0.437. The van der Waals surface area contributed by atoms with E-state index in [1.165, 1.54) is 0 Å². The van der Waals surface area contributed by atoms with Gasteiger partial charge in [0.25, 0.3) is 0 Å². The summed E-state index contributed by atoms with van der Waals surface area (Å²) in [7, 11) is 0. The van der Waals surface area contributed by atoms with E-state index in [1.807, 2.05) is 29.1 Å². The van der Waals surface area contributed by atoms with Gasteiger partial charge >= 0.3 is 0 Å². The molecular formula is C11H10BrClN4. The summed E-state index contributed by atoms with van der Waals surface area (Å²) in [6.45, 7) is 1.93. The summed E-state index contributed by atoms with van der Waals surface area (Å²) < 4.78 is 2.78. The largest absolute Gasteiger partial charge is 0.312 e. The molecule has 0 radical (unpaired) electrons. The van der Waals surface area contributed by atoms with Gasteiger partial charge in [-0.05, 0) is 28.1 Å². The van der Waals surface area contributed by atoms with Crippen molar-refractivity contribution in [3.8, 4) is 11.3 Å². The Kier molecular flexibility index (Phi) is 2.90. The van der Waals surface area contributed by atoms with E-state index in [1.54, 1.807) is 0 Å². The van der Waals surface area contributed by atoms with Crippen molar-refractivity contribution in [3.05, 3.63) is 33.9 Å². The number of aromatic nitrogens is 3. The Morgan fingerprint density at radius 3 is 2.88 bits per heavy atom. The molecule has 17 heavy (non-hydrogen) atoms. The van der Waals surface area contributed by atoms with Gasteiger partial charge in [-0.3, -0.25) is 0 Å². The van der Waals surface area contributed by atoms with Crippen LogP contribution in [0.3, 0.4) is 0 Å². The summed E-state index contributed by atoms with van der Waals surface area (Å²) in [6, 6.07) is 6.19. The Bertz CT molecular complexity index is 550. The molecule has 0 atom stereocenters. The number of benzene rings is 1. The van der Waals surface area contributed by atoms with E-state index in [4.69, 9.17) is 11.6 Å². The second-order valence-electron chi connectivity index (χ2n) is 4.02. The molecule has 1 aromatic heterocycles. The summed E-state index contributed by atoms with van der Waals surface area (Å²) in [5.74, 6) is 0. The minimum atomic E-state index is 0.437. The second-order valence-corrected chi connectivity index (χ2v) is 5.29. The molecule has 0 bridgehead atoms. The van der Waals surface area contributed by atoms with Crippen molar-refractivity contribution in [3.63, 3.8) is 0 Å². The van der Waals surface area contributed by atoms with Gasteiger partial charge < -0.3 is 5.32 Å². The number of nitrogens with one attached hydrogen (secondary N) is 1. The summed E-state index contributed by atoms with van der Waals surface area (Å²) in [4.78, 5) is 0. The molecule has 88 valence electrons. The van der Waals surface area contributed by atoms with Gasteiger partial charge in [-0.15, -0.1) is 5.10 Å². The molecule has 1 aromatic carbocycles. The van der Waals surface area contributed by atoms with E-state index in [9.17, 15) is 0 Å². The van der Waals surface area contributed by atoms with Crippen LogP contribution in [-0.2, 0) is 0 Å². The average molecular weight is 314 g/mol. The van der Waals surface area contributed by atoms with Gasteiger partial charge in [0.05, 0.1) is 17.3 Å². The number of hydrogen-bond acceptors (Lipinski definition) is 3. The summed E-state index contributed by atoms with van der Waals surface area (Å²) in [5.41, 5.74) is 1.88. The highest BCUT2D eigenvalue weighted by Gasteiger charge is 2.20. The van der Waals surface area contributed by atoms with Crippen molar-refractivity contribution < 1.29 is 0 Å². The van der Waals surface area contributed by atoms with Gasteiger partial charge in [0, 0.05) is 23.1 Å². The van der Waals surface area contributed by atoms with Crippen LogP contribution in [-0.4, -0.2) is 28.1 Å². The first kappa shape index (κ1) is 11.2. The third-order valence-corrected chi connectivity index (χ3v) is 4.07. The lowest BCUT2D eigenvalue weighted by Crippen LogP contribution is -2.43. The van der Waals surface area contributed by atoms with Crippen LogP contribution in [0.4, 0.5) is 0 Å². The third-order valence-electron chi connectivity index (χ3n) is 2.86. The highest BCUT2D eigenvalue weighted by atomic mass is 79.9. The van der Waals surface area contributed by atoms with Crippen LogP contribution in [0.1, 0.15) is 6.04 Å². The van der Waals surface area contributed by atoms with Crippen molar-refractivity contribution in [2.45, 2.75) is 6.04 Å². The van der Waals surface area contributed by atoms with Crippen LogP contribution in [0.5, 0.6) is 0 Å². The lowest BCUT2D eigenvalue weighted by atomic mass is 10.1. The van der Waals surface area contributed by atoms with Gasteiger partial charge in [0.15, 0.2) is 0 Å². The molecule has 1 saturated heterocycles. The molecule has 1 fully saturated rings. The molecule has 0 saturated carbocycles. The van der Waals surface area contributed by atoms with E-state index in [0.717, 1.165) is 28.8 Å². The van der Waals surface area contributed by atoms with Gasteiger partial charge in [-0.2, -0.15) is 0 Å². The Labute approximate surface area is 112 Å². The zero-order chi connectivity index (χ0) is 11.8. The Morgan fingerprint density at radius 2 is 2.24 bits per heavy atom. The first-order chi connectivity index (χ1) is 8.24. The monoisotopic (exact) mass is 312 g/mol. The average Bonchev–Trinajstić information content (AvgIpc) is 2.69. The van der Waals surface area contributed by atoms with Crippen LogP contribution in [0.15, 0.2) is 28.9 Å². The van der Waals surface area contributed by atoms with Crippen LogP contribution in [0, 0.1) is 0 Å². The van der Waals surface area contributed by atoms with E-state index < -0.39 is 0 Å². The normalized spacial score (nSPS) is 15.9. The summed E-state index contributed by atoms with van der Waals surface area (Å²) in [5, 5.41) is 12.2. The number of halogens is 2. The Balaban J connectivity index is 1.92.